The van der Waals surface area contributed by atoms with Crippen LogP contribution in [0.4, 0.5) is 0 Å². The molecule has 2 N–H and O–H groups in total. The molecule has 0 bridgehead atoms. The molecule has 0 aliphatic carbocycles. The van der Waals surface area contributed by atoms with Crippen molar-refractivity contribution < 1.29 is 18.8 Å². The maximum Gasteiger partial charge on any atom is 0.224 e. The second-order valence-corrected chi connectivity index (χ2v) is 5.01. The number of aromatic nitrogens is 1. The van der Waals surface area contributed by atoms with Crippen LogP contribution in [-0.4, -0.2) is 22.7 Å². The van der Waals surface area contributed by atoms with E-state index in [2.05, 4.69) is 10.5 Å². The quantitative estimate of drug-likeness (QED) is 0.864. The Morgan fingerprint density at radius 3 is 2.80 bits per heavy atom. The number of carbonyl (C=O) groups is 1. The fourth-order valence-corrected chi connectivity index (χ4v) is 1.92. The van der Waals surface area contributed by atoms with E-state index in [1.165, 1.54) is 6.26 Å². The van der Waals surface area contributed by atoms with Gasteiger partial charge in [0.2, 0.25) is 5.91 Å². The Balaban J connectivity index is 1.93. The molecule has 20 heavy (non-hydrogen) atoms. The minimum absolute atomic E-state index is 0.0721. The van der Waals surface area contributed by atoms with Crippen molar-refractivity contribution in [1.29, 1.82) is 0 Å². The van der Waals surface area contributed by atoms with Crippen LogP contribution in [0, 0.1) is 13.8 Å². The number of hydrogen-bond acceptors (Lipinski definition) is 5. The number of furan rings is 1. The van der Waals surface area contributed by atoms with Gasteiger partial charge in [-0.05, 0) is 32.9 Å². The lowest BCUT2D eigenvalue weighted by atomic mass is 10.0. The molecule has 2 heterocycles. The number of hydrogen-bond donors (Lipinski definition) is 2. The third-order valence-electron chi connectivity index (χ3n) is 3.20. The zero-order valence-electron chi connectivity index (χ0n) is 11.8. The second-order valence-electron chi connectivity index (χ2n) is 5.01. The van der Waals surface area contributed by atoms with Crippen LogP contribution in [0.3, 0.4) is 0 Å². The van der Waals surface area contributed by atoms with Crippen molar-refractivity contribution in [3.8, 4) is 0 Å². The summed E-state index contributed by atoms with van der Waals surface area (Å²) in [6.07, 6.45) is 1.66. The van der Waals surface area contributed by atoms with Crippen LogP contribution in [0.2, 0.25) is 0 Å². The first-order chi connectivity index (χ1) is 9.40. The SMILES string of the molecule is Cc1noc(C)c1CC(=O)NC[C@](C)(O)c1ccco1. The molecule has 0 aromatic carbocycles. The average Bonchev–Trinajstić information content (AvgIpc) is 3.02. The lowest BCUT2D eigenvalue weighted by molar-refractivity contribution is -0.121. The molecule has 0 saturated heterocycles. The van der Waals surface area contributed by atoms with Gasteiger partial charge in [0.05, 0.1) is 24.9 Å². The van der Waals surface area contributed by atoms with Crippen LogP contribution in [0.25, 0.3) is 0 Å². The summed E-state index contributed by atoms with van der Waals surface area (Å²) < 4.78 is 10.2. The number of rotatable bonds is 5. The molecule has 1 atom stereocenters. The summed E-state index contributed by atoms with van der Waals surface area (Å²) in [7, 11) is 0. The first kappa shape index (κ1) is 14.3. The number of nitrogens with one attached hydrogen (secondary N) is 1. The second kappa shape index (κ2) is 5.50. The van der Waals surface area contributed by atoms with Gasteiger partial charge in [-0.3, -0.25) is 4.79 Å². The summed E-state index contributed by atoms with van der Waals surface area (Å²) >= 11 is 0. The maximum atomic E-state index is 11.9. The first-order valence-corrected chi connectivity index (χ1v) is 6.35. The predicted octanol–water partition coefficient (Wildman–Crippen LogP) is 1.45. The van der Waals surface area contributed by atoms with Crippen LogP contribution in [-0.2, 0) is 16.8 Å². The normalized spacial score (nSPS) is 14.0. The van der Waals surface area contributed by atoms with Crippen molar-refractivity contribution in [2.24, 2.45) is 0 Å². The molecule has 6 heteroatoms. The zero-order chi connectivity index (χ0) is 14.8. The molecule has 2 aromatic heterocycles. The van der Waals surface area contributed by atoms with E-state index in [0.29, 0.717) is 17.2 Å². The van der Waals surface area contributed by atoms with Crippen LogP contribution < -0.4 is 5.32 Å². The third kappa shape index (κ3) is 3.08. The van der Waals surface area contributed by atoms with Gasteiger partial charge in [-0.25, -0.2) is 0 Å². The third-order valence-corrected chi connectivity index (χ3v) is 3.20. The van der Waals surface area contributed by atoms with Gasteiger partial charge in [-0.2, -0.15) is 0 Å². The maximum absolute atomic E-state index is 11.9. The van der Waals surface area contributed by atoms with Gasteiger partial charge in [0.25, 0.3) is 0 Å². The van der Waals surface area contributed by atoms with Crippen LogP contribution >= 0.6 is 0 Å². The summed E-state index contributed by atoms with van der Waals surface area (Å²) in [6, 6.07) is 3.36. The van der Waals surface area contributed by atoms with Gasteiger partial charge < -0.3 is 19.4 Å². The Hall–Kier alpha value is -2.08. The molecule has 0 aliphatic rings. The molecule has 1 amide bonds. The highest BCUT2D eigenvalue weighted by Gasteiger charge is 2.27. The largest absolute Gasteiger partial charge is 0.466 e. The topological polar surface area (TPSA) is 88.5 Å². The molecule has 0 fully saturated rings. The van der Waals surface area contributed by atoms with E-state index in [1.54, 1.807) is 32.9 Å². The van der Waals surface area contributed by atoms with Gasteiger partial charge in [0, 0.05) is 5.56 Å². The van der Waals surface area contributed by atoms with E-state index in [0.717, 1.165) is 5.56 Å². The fourth-order valence-electron chi connectivity index (χ4n) is 1.92. The molecule has 0 aliphatic heterocycles. The van der Waals surface area contributed by atoms with E-state index >= 15 is 0 Å². The van der Waals surface area contributed by atoms with E-state index in [4.69, 9.17) is 8.94 Å². The Morgan fingerprint density at radius 1 is 1.50 bits per heavy atom. The zero-order valence-corrected chi connectivity index (χ0v) is 11.8. The van der Waals surface area contributed by atoms with Gasteiger partial charge in [-0.1, -0.05) is 5.16 Å². The standard InChI is InChI=1S/C14H18N2O4/c1-9-11(10(2)20-16-9)7-13(17)15-8-14(3,18)12-5-4-6-19-12/h4-6,18H,7-8H2,1-3H3,(H,15,17)/t14-/m0/s1. The van der Waals surface area contributed by atoms with E-state index in [9.17, 15) is 9.90 Å². The molecule has 0 radical (unpaired) electrons. The van der Waals surface area contributed by atoms with Crippen molar-refractivity contribution in [2.45, 2.75) is 32.8 Å². The van der Waals surface area contributed by atoms with Crippen molar-refractivity contribution in [3.63, 3.8) is 0 Å². The lowest BCUT2D eigenvalue weighted by Gasteiger charge is -2.21. The summed E-state index contributed by atoms with van der Waals surface area (Å²) in [5.74, 6) is 0.844. The number of aliphatic hydroxyl groups is 1. The molecular formula is C14H18N2O4. The highest BCUT2D eigenvalue weighted by molar-refractivity contribution is 5.79. The average molecular weight is 278 g/mol. The van der Waals surface area contributed by atoms with Crippen LogP contribution in [0.15, 0.2) is 27.3 Å². The lowest BCUT2D eigenvalue weighted by Crippen LogP contribution is -2.39. The minimum atomic E-state index is -1.24. The van der Waals surface area contributed by atoms with Crippen molar-refractivity contribution in [3.05, 3.63) is 41.2 Å². The summed E-state index contributed by atoms with van der Waals surface area (Å²) in [5.41, 5.74) is 0.244. The number of amides is 1. The highest BCUT2D eigenvalue weighted by Crippen LogP contribution is 2.20. The molecule has 2 rings (SSSR count). The Morgan fingerprint density at radius 2 is 2.25 bits per heavy atom. The van der Waals surface area contributed by atoms with Gasteiger partial charge in [0.1, 0.15) is 17.1 Å². The van der Waals surface area contributed by atoms with E-state index in [1.807, 2.05) is 0 Å². The van der Waals surface area contributed by atoms with Crippen molar-refractivity contribution in [2.75, 3.05) is 6.54 Å². The Labute approximate surface area is 116 Å². The molecule has 0 saturated carbocycles. The van der Waals surface area contributed by atoms with Crippen molar-refractivity contribution >= 4 is 5.91 Å². The molecule has 2 aromatic rings. The van der Waals surface area contributed by atoms with E-state index in [-0.39, 0.29) is 18.9 Å². The van der Waals surface area contributed by atoms with Gasteiger partial charge in [0.15, 0.2) is 0 Å². The highest BCUT2D eigenvalue weighted by atomic mass is 16.5. The Bertz CT molecular complexity index is 565. The summed E-state index contributed by atoms with van der Waals surface area (Å²) in [6.45, 7) is 5.21. The van der Waals surface area contributed by atoms with Crippen molar-refractivity contribution in [1.82, 2.24) is 10.5 Å². The molecule has 0 spiro atoms. The van der Waals surface area contributed by atoms with Gasteiger partial charge in [-0.15, -0.1) is 0 Å². The van der Waals surface area contributed by atoms with E-state index < -0.39 is 5.60 Å². The Kier molecular flexibility index (Phi) is 3.94. The molecule has 6 nitrogen and oxygen atoms in total. The summed E-state index contributed by atoms with van der Waals surface area (Å²) in [4.78, 5) is 11.9. The monoisotopic (exact) mass is 278 g/mol. The molecule has 0 unspecified atom stereocenters. The number of carbonyl (C=O) groups excluding carboxylic acids is 1. The smallest absolute Gasteiger partial charge is 0.224 e. The number of aryl methyl sites for hydroxylation is 2. The fraction of sp³-hybridized carbons (Fsp3) is 0.429. The van der Waals surface area contributed by atoms with Gasteiger partial charge >= 0.3 is 0 Å². The predicted molar refractivity (Wildman–Crippen MR) is 71.0 cm³/mol. The van der Waals surface area contributed by atoms with Crippen LogP contribution in [0.1, 0.15) is 29.7 Å². The van der Waals surface area contributed by atoms with Crippen LogP contribution in [0.5, 0.6) is 0 Å². The number of nitrogens with zero attached hydrogens (tertiary/aromatic N) is 1. The molecular weight excluding hydrogens is 260 g/mol. The first-order valence-electron chi connectivity index (χ1n) is 6.35. The minimum Gasteiger partial charge on any atom is -0.466 e. The summed E-state index contributed by atoms with van der Waals surface area (Å²) in [5, 5.41) is 16.7. The molecule has 108 valence electrons.